The van der Waals surface area contributed by atoms with Crippen LogP contribution in [0.2, 0.25) is 0 Å². The van der Waals surface area contributed by atoms with E-state index in [1.165, 1.54) is 0 Å². The second-order valence-corrected chi connectivity index (χ2v) is 8.08. The Morgan fingerprint density at radius 2 is 2.00 bits per heavy atom. The van der Waals surface area contributed by atoms with Crippen LogP contribution in [0.1, 0.15) is 28.7 Å². The van der Waals surface area contributed by atoms with Gasteiger partial charge in [0.05, 0.1) is 11.7 Å². The molecule has 7 nitrogen and oxygen atoms in total. The van der Waals surface area contributed by atoms with Gasteiger partial charge in [0.2, 0.25) is 0 Å². The van der Waals surface area contributed by atoms with Crippen LogP contribution in [0.3, 0.4) is 0 Å². The molecule has 4 rings (SSSR count). The molecule has 0 unspecified atom stereocenters. The molecule has 0 saturated heterocycles. The predicted octanol–water partition coefficient (Wildman–Crippen LogP) is 3.78. The van der Waals surface area contributed by atoms with Crippen molar-refractivity contribution in [1.29, 1.82) is 0 Å². The number of nitrogens with zero attached hydrogens (tertiary/aromatic N) is 2. The normalized spacial score (nSPS) is 11.0. The van der Waals surface area contributed by atoms with Gasteiger partial charge in [0.25, 0.3) is 5.91 Å². The monoisotopic (exact) mass is 445 g/mol. The van der Waals surface area contributed by atoms with Gasteiger partial charge in [-0.2, -0.15) is 0 Å². The molecule has 2 aromatic heterocycles. The van der Waals surface area contributed by atoms with E-state index in [4.69, 9.17) is 9.15 Å². The lowest BCUT2D eigenvalue weighted by Crippen LogP contribution is -2.30. The van der Waals surface area contributed by atoms with Crippen molar-refractivity contribution in [2.45, 2.75) is 33.2 Å². The minimum atomic E-state index is -0.351. The van der Waals surface area contributed by atoms with Crippen LogP contribution in [0.5, 0.6) is 5.75 Å². The van der Waals surface area contributed by atoms with Crippen LogP contribution in [0.4, 0.5) is 0 Å². The molecule has 0 bridgehead atoms. The van der Waals surface area contributed by atoms with E-state index >= 15 is 0 Å². The van der Waals surface area contributed by atoms with Crippen LogP contribution in [-0.2, 0) is 17.8 Å². The number of hydrogen-bond donors (Lipinski definition) is 1. The van der Waals surface area contributed by atoms with Gasteiger partial charge in [-0.25, -0.2) is 9.78 Å². The standard InChI is InChI=1S/C26H27N3O4/c1-18-13-22(32-16-24(30)28-9-6-11-29-12-10-27-17-29)25-19(2)21(26(31)33-23(25)14-18)15-20-7-4-3-5-8-20/h3-5,7-8,10,12-14,17H,6,9,11,15-16H2,1-2H3,(H,28,30). The first-order chi connectivity index (χ1) is 16.0. The van der Waals surface area contributed by atoms with Gasteiger partial charge < -0.3 is 19.0 Å². The van der Waals surface area contributed by atoms with Crippen LogP contribution < -0.4 is 15.7 Å². The van der Waals surface area contributed by atoms with Crippen molar-refractivity contribution in [1.82, 2.24) is 14.9 Å². The molecule has 2 heterocycles. The van der Waals surface area contributed by atoms with Gasteiger partial charge in [0.1, 0.15) is 11.3 Å². The molecule has 0 aliphatic carbocycles. The first kappa shape index (κ1) is 22.3. The molecular formula is C26H27N3O4. The summed E-state index contributed by atoms with van der Waals surface area (Å²) in [5.74, 6) is 0.337. The highest BCUT2D eigenvalue weighted by molar-refractivity contribution is 5.89. The lowest BCUT2D eigenvalue weighted by atomic mass is 9.98. The minimum absolute atomic E-state index is 0.115. The Kier molecular flexibility index (Phi) is 6.88. The van der Waals surface area contributed by atoms with Gasteiger partial charge in [-0.05, 0) is 49.1 Å². The number of nitrogens with one attached hydrogen (secondary N) is 1. The lowest BCUT2D eigenvalue weighted by molar-refractivity contribution is -0.123. The minimum Gasteiger partial charge on any atom is -0.483 e. The molecule has 0 aliphatic heterocycles. The van der Waals surface area contributed by atoms with E-state index < -0.39 is 0 Å². The zero-order chi connectivity index (χ0) is 23.2. The Morgan fingerprint density at radius 1 is 1.18 bits per heavy atom. The summed E-state index contributed by atoms with van der Waals surface area (Å²) >= 11 is 0. The van der Waals surface area contributed by atoms with E-state index in [2.05, 4.69) is 10.3 Å². The molecule has 0 atom stereocenters. The Hall–Kier alpha value is -3.87. The van der Waals surface area contributed by atoms with Crippen molar-refractivity contribution in [2.75, 3.05) is 13.2 Å². The second-order valence-electron chi connectivity index (χ2n) is 8.08. The topological polar surface area (TPSA) is 86.4 Å². The first-order valence-electron chi connectivity index (χ1n) is 11.0. The highest BCUT2D eigenvalue weighted by Crippen LogP contribution is 2.31. The summed E-state index contributed by atoms with van der Waals surface area (Å²) in [7, 11) is 0. The average molecular weight is 446 g/mol. The number of aromatic nitrogens is 2. The van der Waals surface area contributed by atoms with Gasteiger partial charge in [-0.15, -0.1) is 0 Å². The number of imidazole rings is 1. The van der Waals surface area contributed by atoms with Gasteiger partial charge in [-0.3, -0.25) is 4.79 Å². The molecule has 4 aromatic rings. The summed E-state index contributed by atoms with van der Waals surface area (Å²) in [6.45, 7) is 5.01. The summed E-state index contributed by atoms with van der Waals surface area (Å²) in [6.07, 6.45) is 6.63. The van der Waals surface area contributed by atoms with Crippen LogP contribution in [0.25, 0.3) is 11.0 Å². The van der Waals surface area contributed by atoms with Crippen LogP contribution in [0, 0.1) is 13.8 Å². The van der Waals surface area contributed by atoms with Crippen molar-refractivity contribution in [2.24, 2.45) is 0 Å². The number of carbonyl (C=O) groups is 1. The predicted molar refractivity (Wildman–Crippen MR) is 127 cm³/mol. The van der Waals surface area contributed by atoms with Crippen molar-refractivity contribution >= 4 is 16.9 Å². The van der Waals surface area contributed by atoms with Crippen molar-refractivity contribution < 1.29 is 13.9 Å². The van der Waals surface area contributed by atoms with E-state index in [0.717, 1.165) is 35.0 Å². The molecule has 2 aromatic carbocycles. The molecule has 1 N–H and O–H groups in total. The number of ether oxygens (including phenoxy) is 1. The zero-order valence-corrected chi connectivity index (χ0v) is 18.8. The number of fused-ring (bicyclic) bond motifs is 1. The summed E-state index contributed by atoms with van der Waals surface area (Å²) in [6, 6.07) is 13.5. The highest BCUT2D eigenvalue weighted by Gasteiger charge is 2.17. The Bertz CT molecular complexity index is 1290. The molecule has 1 amide bonds. The number of benzene rings is 2. The Balaban J connectivity index is 1.48. The Labute approximate surface area is 192 Å². The Morgan fingerprint density at radius 3 is 2.76 bits per heavy atom. The fourth-order valence-electron chi connectivity index (χ4n) is 3.86. The van der Waals surface area contributed by atoms with Gasteiger partial charge in [0.15, 0.2) is 6.61 Å². The van der Waals surface area contributed by atoms with Gasteiger partial charge in [-0.1, -0.05) is 30.3 Å². The fourth-order valence-corrected chi connectivity index (χ4v) is 3.86. The van der Waals surface area contributed by atoms with E-state index in [9.17, 15) is 9.59 Å². The van der Waals surface area contributed by atoms with Gasteiger partial charge in [0, 0.05) is 37.5 Å². The summed E-state index contributed by atoms with van der Waals surface area (Å²) in [5, 5.41) is 3.60. The number of rotatable bonds is 9. The van der Waals surface area contributed by atoms with E-state index in [1.54, 1.807) is 12.5 Å². The molecule has 0 aliphatic rings. The molecular weight excluding hydrogens is 418 g/mol. The van der Waals surface area contributed by atoms with Crippen LogP contribution in [0.15, 0.2) is 70.4 Å². The largest absolute Gasteiger partial charge is 0.483 e. The first-order valence-corrected chi connectivity index (χ1v) is 11.0. The molecule has 0 fully saturated rings. The SMILES string of the molecule is Cc1cc(OCC(=O)NCCCn2ccnc2)c2c(C)c(Cc3ccccc3)c(=O)oc2c1. The summed E-state index contributed by atoms with van der Waals surface area (Å²) in [4.78, 5) is 29.0. The number of amides is 1. The molecule has 0 saturated carbocycles. The average Bonchev–Trinajstić information content (AvgIpc) is 3.32. The smallest absolute Gasteiger partial charge is 0.340 e. The summed E-state index contributed by atoms with van der Waals surface area (Å²) < 4.78 is 13.5. The second kappa shape index (κ2) is 10.2. The molecule has 7 heteroatoms. The third kappa shape index (κ3) is 5.49. The maximum atomic E-state index is 12.7. The number of aryl methyl sites for hydroxylation is 3. The lowest BCUT2D eigenvalue weighted by Gasteiger charge is -2.14. The molecule has 0 radical (unpaired) electrons. The van der Waals surface area contributed by atoms with Crippen LogP contribution >= 0.6 is 0 Å². The number of hydrogen-bond acceptors (Lipinski definition) is 5. The van der Waals surface area contributed by atoms with Crippen molar-refractivity contribution in [3.8, 4) is 5.75 Å². The van der Waals surface area contributed by atoms with Crippen molar-refractivity contribution in [3.05, 3.63) is 93.9 Å². The maximum Gasteiger partial charge on any atom is 0.340 e. The van der Waals surface area contributed by atoms with Crippen molar-refractivity contribution in [3.63, 3.8) is 0 Å². The van der Waals surface area contributed by atoms with E-state index in [0.29, 0.717) is 29.9 Å². The van der Waals surface area contributed by atoms with Gasteiger partial charge >= 0.3 is 5.63 Å². The quantitative estimate of drug-likeness (QED) is 0.313. The van der Waals surface area contributed by atoms with E-state index in [-0.39, 0.29) is 18.1 Å². The highest BCUT2D eigenvalue weighted by atomic mass is 16.5. The third-order valence-electron chi connectivity index (χ3n) is 5.54. The molecule has 170 valence electrons. The van der Waals surface area contributed by atoms with E-state index in [1.807, 2.05) is 67.1 Å². The van der Waals surface area contributed by atoms with Crippen LogP contribution in [-0.4, -0.2) is 28.6 Å². The zero-order valence-electron chi connectivity index (χ0n) is 18.8. The summed E-state index contributed by atoms with van der Waals surface area (Å²) in [5.41, 5.74) is 3.42. The molecule has 33 heavy (non-hydrogen) atoms. The third-order valence-corrected chi connectivity index (χ3v) is 5.54. The maximum absolute atomic E-state index is 12.7. The molecule has 0 spiro atoms. The number of carbonyl (C=O) groups excluding carboxylic acids is 1. The fraction of sp³-hybridized carbons (Fsp3) is 0.269.